The van der Waals surface area contributed by atoms with E-state index in [2.05, 4.69) is 20.5 Å². The average Bonchev–Trinajstić information content (AvgIpc) is 3.13. The Hall–Kier alpha value is -5.36. The Morgan fingerprint density at radius 3 is 2.32 bits per heavy atom. The van der Waals surface area contributed by atoms with Crippen molar-refractivity contribution >= 4 is 22.7 Å². The third-order valence-electron chi connectivity index (χ3n) is 8.71. The summed E-state index contributed by atoms with van der Waals surface area (Å²) in [7, 11) is 0. The molecule has 260 valence electrons. The molecule has 2 heterocycles. The highest BCUT2D eigenvalue weighted by Crippen LogP contribution is 2.29. The second-order valence-electron chi connectivity index (χ2n) is 12.2. The summed E-state index contributed by atoms with van der Waals surface area (Å²) < 4.78 is 17.5. The van der Waals surface area contributed by atoms with Gasteiger partial charge in [-0.2, -0.15) is 0 Å². The monoisotopic (exact) mass is 678 g/mol. The second-order valence-corrected chi connectivity index (χ2v) is 12.2. The molecule has 0 aliphatic carbocycles. The number of rotatable bonds is 14. The molecule has 1 aromatic heterocycles. The van der Waals surface area contributed by atoms with Crippen molar-refractivity contribution in [3.8, 4) is 28.4 Å². The Morgan fingerprint density at radius 2 is 1.56 bits per heavy atom. The average molecular weight is 679 g/mol. The van der Waals surface area contributed by atoms with E-state index in [4.69, 9.17) is 14.2 Å². The molecule has 11 heteroatoms. The van der Waals surface area contributed by atoms with Crippen LogP contribution in [0.25, 0.3) is 22.0 Å². The molecule has 1 atom stereocenters. The van der Waals surface area contributed by atoms with E-state index in [0.717, 1.165) is 55.0 Å². The van der Waals surface area contributed by atoms with Crippen LogP contribution in [0.3, 0.4) is 0 Å². The van der Waals surface area contributed by atoms with Gasteiger partial charge in [-0.05, 0) is 66.4 Å². The molecule has 1 aliphatic rings. The summed E-state index contributed by atoms with van der Waals surface area (Å²) in [6, 6.07) is 31.2. The van der Waals surface area contributed by atoms with Gasteiger partial charge in [-0.15, -0.1) is 0 Å². The molecule has 11 nitrogen and oxygen atoms in total. The Balaban J connectivity index is 0.848. The van der Waals surface area contributed by atoms with E-state index in [1.807, 2.05) is 78.9 Å². The van der Waals surface area contributed by atoms with Crippen LogP contribution >= 0.6 is 0 Å². The number of fused-ring (bicyclic) bond motifs is 1. The van der Waals surface area contributed by atoms with Crippen LogP contribution in [0.15, 0.2) is 108 Å². The fourth-order valence-electron chi connectivity index (χ4n) is 6.07. The van der Waals surface area contributed by atoms with Crippen LogP contribution in [0.2, 0.25) is 0 Å². The number of nitrogens with one attached hydrogen (secondary N) is 3. The number of aliphatic hydroxyl groups is 1. The van der Waals surface area contributed by atoms with Crippen molar-refractivity contribution in [3.05, 3.63) is 119 Å². The van der Waals surface area contributed by atoms with Gasteiger partial charge in [0.25, 0.3) is 0 Å². The van der Waals surface area contributed by atoms with Crippen LogP contribution in [-0.2, 0) is 4.74 Å². The summed E-state index contributed by atoms with van der Waals surface area (Å²) in [5.74, 6) is 1.42. The van der Waals surface area contributed by atoms with Gasteiger partial charge in [0.15, 0.2) is 0 Å². The van der Waals surface area contributed by atoms with Gasteiger partial charge < -0.3 is 34.7 Å². The highest BCUT2D eigenvalue weighted by molar-refractivity contribution is 5.91. The number of pyridine rings is 1. The number of likely N-dealkylation sites (tertiary alicyclic amines) is 1. The largest absolute Gasteiger partial charge is 0.506 e. The van der Waals surface area contributed by atoms with E-state index in [9.17, 15) is 19.8 Å². The minimum absolute atomic E-state index is 0.0426. The first-order valence-corrected chi connectivity index (χ1v) is 16.9. The molecule has 0 bridgehead atoms. The summed E-state index contributed by atoms with van der Waals surface area (Å²) in [6.07, 6.45) is 0.141. The van der Waals surface area contributed by atoms with Crippen molar-refractivity contribution in [2.24, 2.45) is 0 Å². The summed E-state index contributed by atoms with van der Waals surface area (Å²) in [5, 5.41) is 27.4. The van der Waals surface area contributed by atoms with Crippen LogP contribution < -0.4 is 25.7 Å². The van der Waals surface area contributed by atoms with Crippen molar-refractivity contribution < 1.29 is 29.2 Å². The molecule has 5 aromatic rings. The van der Waals surface area contributed by atoms with E-state index in [-0.39, 0.29) is 24.0 Å². The fourth-order valence-corrected chi connectivity index (χ4v) is 6.07. The van der Waals surface area contributed by atoms with Crippen LogP contribution in [0.5, 0.6) is 17.2 Å². The highest BCUT2D eigenvalue weighted by Gasteiger charge is 2.23. The summed E-state index contributed by atoms with van der Waals surface area (Å²) in [5.41, 5.74) is 3.30. The summed E-state index contributed by atoms with van der Waals surface area (Å²) in [4.78, 5) is 29.3. The number of phenolic OH excluding ortho intramolecular Hbond substituents is 1. The number of anilines is 1. The maximum atomic E-state index is 12.7. The van der Waals surface area contributed by atoms with E-state index in [1.165, 1.54) is 12.1 Å². The molecule has 0 spiro atoms. The molecular formula is C39H42N4O7. The number of ether oxygens (including phenoxy) is 3. The van der Waals surface area contributed by atoms with Gasteiger partial charge >= 0.3 is 6.09 Å². The van der Waals surface area contributed by atoms with Crippen LogP contribution in [0.4, 0.5) is 10.5 Å². The zero-order valence-electron chi connectivity index (χ0n) is 27.7. The molecule has 0 radical (unpaired) electrons. The van der Waals surface area contributed by atoms with Crippen molar-refractivity contribution in [2.75, 3.05) is 51.3 Å². The Morgan fingerprint density at radius 1 is 0.860 bits per heavy atom. The highest BCUT2D eigenvalue weighted by atomic mass is 16.6. The predicted octanol–water partition coefficient (Wildman–Crippen LogP) is 5.69. The van der Waals surface area contributed by atoms with Crippen molar-refractivity contribution in [3.63, 3.8) is 0 Å². The number of nitrogens with zero attached hydrogens (tertiary/aromatic N) is 1. The lowest BCUT2D eigenvalue weighted by Crippen LogP contribution is -2.40. The molecule has 1 aliphatic heterocycles. The number of aromatic hydroxyl groups is 1. The first-order chi connectivity index (χ1) is 24.4. The van der Waals surface area contributed by atoms with Gasteiger partial charge in [-0.25, -0.2) is 4.79 Å². The maximum absolute atomic E-state index is 12.7. The summed E-state index contributed by atoms with van der Waals surface area (Å²) >= 11 is 0. The Labute approximate surface area is 290 Å². The van der Waals surface area contributed by atoms with E-state index >= 15 is 0 Å². The number of H-pyrrole nitrogens is 1. The lowest BCUT2D eigenvalue weighted by atomic mass is 10.0. The standard InChI is InChI=1S/C39H42N4O7/c44-35-16-14-32(33-15-17-37(46)42-38(33)35)36(45)26-40-20-24-48-28-10-12-29(13-11-28)49-25-23-43-21-18-30(19-22-43)50-39(47)41-34-9-5-4-8-31(34)27-6-2-1-3-7-27/h1-17,30,36,40,44-45H,18-26H2,(H,41,47)(H,42,46). The molecular weight excluding hydrogens is 636 g/mol. The number of hydrogen-bond donors (Lipinski definition) is 5. The Bertz CT molecular complexity index is 1910. The van der Waals surface area contributed by atoms with Gasteiger partial charge in [-0.3, -0.25) is 15.0 Å². The number of carbonyl (C=O) groups excluding carboxylic acids is 1. The maximum Gasteiger partial charge on any atom is 0.411 e. The third-order valence-corrected chi connectivity index (χ3v) is 8.71. The predicted molar refractivity (Wildman–Crippen MR) is 193 cm³/mol. The zero-order chi connectivity index (χ0) is 34.7. The van der Waals surface area contributed by atoms with Gasteiger partial charge in [-0.1, -0.05) is 54.6 Å². The lowest BCUT2D eigenvalue weighted by molar-refractivity contribution is 0.0548. The molecule has 1 saturated heterocycles. The second kappa shape index (κ2) is 16.8. The first kappa shape index (κ1) is 34.5. The molecule has 5 N–H and O–H groups in total. The number of amides is 1. The number of phenols is 1. The SMILES string of the molecule is O=C(Nc1ccccc1-c1ccccc1)OC1CCN(CCOc2ccc(OCCNCC(O)c3ccc(O)c4[nH]c(=O)ccc34)cc2)CC1. The van der Waals surface area contributed by atoms with Gasteiger partial charge in [0.2, 0.25) is 5.56 Å². The number of carbonyl (C=O) groups is 1. The number of aliphatic hydroxyl groups excluding tert-OH is 1. The quantitative estimate of drug-likeness (QED) is 0.0935. The van der Waals surface area contributed by atoms with Crippen molar-refractivity contribution in [1.29, 1.82) is 0 Å². The van der Waals surface area contributed by atoms with E-state index in [0.29, 0.717) is 42.0 Å². The number of aromatic nitrogens is 1. The fraction of sp³-hybridized carbons (Fsp3) is 0.282. The minimum atomic E-state index is -0.833. The third kappa shape index (κ3) is 9.20. The molecule has 50 heavy (non-hydrogen) atoms. The van der Waals surface area contributed by atoms with Crippen LogP contribution in [0, 0.1) is 0 Å². The van der Waals surface area contributed by atoms with Crippen LogP contribution in [-0.4, -0.2) is 78.2 Å². The van der Waals surface area contributed by atoms with Gasteiger partial charge in [0.05, 0.1) is 17.3 Å². The first-order valence-electron chi connectivity index (χ1n) is 16.9. The minimum Gasteiger partial charge on any atom is -0.506 e. The topological polar surface area (TPSA) is 145 Å². The van der Waals surface area contributed by atoms with Crippen molar-refractivity contribution in [2.45, 2.75) is 25.0 Å². The molecule has 1 amide bonds. The van der Waals surface area contributed by atoms with E-state index < -0.39 is 12.2 Å². The zero-order valence-corrected chi connectivity index (χ0v) is 27.7. The van der Waals surface area contributed by atoms with Crippen molar-refractivity contribution in [1.82, 2.24) is 15.2 Å². The normalized spacial score (nSPS) is 14.3. The number of piperidine rings is 1. The Kier molecular flexibility index (Phi) is 11.6. The summed E-state index contributed by atoms with van der Waals surface area (Å²) in [6.45, 7) is 4.16. The van der Waals surface area contributed by atoms with Gasteiger partial charge in [0.1, 0.15) is 36.6 Å². The molecule has 0 saturated carbocycles. The van der Waals surface area contributed by atoms with Crippen LogP contribution in [0.1, 0.15) is 24.5 Å². The lowest BCUT2D eigenvalue weighted by Gasteiger charge is -2.31. The molecule has 4 aromatic carbocycles. The molecule has 1 unspecified atom stereocenters. The molecule has 1 fully saturated rings. The smallest absolute Gasteiger partial charge is 0.411 e. The number of benzene rings is 4. The van der Waals surface area contributed by atoms with E-state index in [1.54, 1.807) is 12.1 Å². The van der Waals surface area contributed by atoms with Gasteiger partial charge in [0, 0.05) is 49.7 Å². The number of aromatic amines is 1. The number of hydrogen-bond acceptors (Lipinski definition) is 9. The molecule has 6 rings (SSSR count). The number of para-hydroxylation sites is 1.